The van der Waals surface area contributed by atoms with E-state index in [2.05, 4.69) is 9.97 Å². The summed E-state index contributed by atoms with van der Waals surface area (Å²) in [6.07, 6.45) is -1.24. The lowest BCUT2D eigenvalue weighted by molar-refractivity contribution is -0.0723. The number of nitrogens with two attached hydrogens (primary N) is 1. The first-order valence-corrected chi connectivity index (χ1v) is 17.8. The average molecular weight is 748 g/mol. The number of rotatable bonds is 6. The van der Waals surface area contributed by atoms with Gasteiger partial charge < -0.3 is 15.9 Å². The van der Waals surface area contributed by atoms with E-state index < -0.39 is 79.2 Å². The summed E-state index contributed by atoms with van der Waals surface area (Å²) in [4.78, 5) is 40.4. The van der Waals surface area contributed by atoms with E-state index in [4.69, 9.17) is 10.7 Å². The van der Waals surface area contributed by atoms with Crippen molar-refractivity contribution in [1.82, 2.24) is 24.8 Å². The maximum absolute atomic E-state index is 16.5. The van der Waals surface area contributed by atoms with Gasteiger partial charge >= 0.3 is 12.2 Å². The number of hydrogen-bond donors (Lipinski definition) is 4. The highest BCUT2D eigenvalue weighted by Gasteiger charge is 2.55. The minimum atomic E-state index is -4.83. The first-order chi connectivity index (χ1) is 23.6. The number of sulfonamides is 1. The largest absolute Gasteiger partial charge is 0.465 e. The standard InChI is InChI=1S/C33H36F3N7O6S2/c1-32(2,3)22-15-42(30(44)45)25(27(33(4,5)6)43(22)31(46)47)28-40-24(26(50-28)20-12-13-38-29(37)39-20)17-8-7-9-19(23(17)36)41-51(48,49)21-14-16(34)10-11-18(21)35/h7-14,22,25,27,41H,15H2,1-6H3,(H,44,45)(H,46,47)(H2,37,38,39). The molecule has 3 atom stereocenters. The Hall–Kier alpha value is -4.97. The van der Waals surface area contributed by atoms with E-state index in [-0.39, 0.29) is 39.3 Å². The topological polar surface area (TPSA) is 192 Å². The van der Waals surface area contributed by atoms with Crippen LogP contribution in [0.3, 0.4) is 0 Å². The zero-order valence-electron chi connectivity index (χ0n) is 28.3. The van der Waals surface area contributed by atoms with Crippen molar-refractivity contribution in [3.8, 4) is 21.8 Å². The minimum Gasteiger partial charge on any atom is -0.465 e. The van der Waals surface area contributed by atoms with Crippen LogP contribution in [-0.4, -0.2) is 74.2 Å². The second-order valence-corrected chi connectivity index (χ2v) is 16.8. The van der Waals surface area contributed by atoms with Crippen LogP contribution in [0.2, 0.25) is 0 Å². The average Bonchev–Trinajstić information content (AvgIpc) is 3.46. The fourth-order valence-corrected chi connectivity index (χ4v) is 8.54. The number of nitrogen functional groups attached to an aromatic ring is 1. The third-order valence-electron chi connectivity index (χ3n) is 8.48. The van der Waals surface area contributed by atoms with Gasteiger partial charge in [-0.3, -0.25) is 14.5 Å². The molecule has 0 saturated carbocycles. The zero-order valence-corrected chi connectivity index (χ0v) is 30.0. The molecule has 4 aromatic rings. The third-order valence-corrected chi connectivity index (χ3v) is 11.0. The molecular formula is C33H36F3N7O6S2. The maximum atomic E-state index is 16.5. The predicted octanol–water partition coefficient (Wildman–Crippen LogP) is 6.91. The molecule has 0 bridgehead atoms. The van der Waals surface area contributed by atoms with E-state index in [0.717, 1.165) is 28.4 Å². The second-order valence-electron chi connectivity index (χ2n) is 14.1. The first-order valence-electron chi connectivity index (χ1n) is 15.5. The molecule has 1 aliphatic heterocycles. The zero-order chi connectivity index (χ0) is 37.8. The molecule has 5 N–H and O–H groups in total. The molecule has 0 aliphatic carbocycles. The Balaban J connectivity index is 1.74. The Kier molecular flexibility index (Phi) is 9.72. The van der Waals surface area contributed by atoms with Gasteiger partial charge in [-0.25, -0.2) is 46.1 Å². The van der Waals surface area contributed by atoms with E-state index >= 15 is 4.39 Å². The summed E-state index contributed by atoms with van der Waals surface area (Å²) < 4.78 is 72.9. The van der Waals surface area contributed by atoms with Crippen LogP contribution in [0.25, 0.3) is 21.8 Å². The number of hydrogen-bond acceptors (Lipinski definition) is 9. The van der Waals surface area contributed by atoms with Gasteiger partial charge in [-0.2, -0.15) is 0 Å². The van der Waals surface area contributed by atoms with E-state index in [0.29, 0.717) is 12.1 Å². The Labute approximate surface area is 296 Å². The molecule has 0 radical (unpaired) electrons. The molecule has 2 amide bonds. The highest BCUT2D eigenvalue weighted by molar-refractivity contribution is 7.92. The lowest BCUT2D eigenvalue weighted by Crippen LogP contribution is -2.68. The number of carboxylic acid groups (broad SMARTS) is 2. The summed E-state index contributed by atoms with van der Waals surface area (Å²) in [5.74, 6) is -3.59. The van der Waals surface area contributed by atoms with Gasteiger partial charge in [0.15, 0.2) is 5.82 Å². The van der Waals surface area contributed by atoms with Crippen molar-refractivity contribution in [3.63, 3.8) is 0 Å². The SMILES string of the molecule is CC(C)(C)C1CN(C(=O)O)C(c2nc(-c3cccc(NS(=O)(=O)c4cc(F)ccc4F)c3F)c(-c3ccnc(N)n3)s2)C(C(C)(C)C)N1C(=O)O. The van der Waals surface area contributed by atoms with Crippen LogP contribution >= 0.6 is 11.3 Å². The molecule has 1 fully saturated rings. The fourth-order valence-electron chi connectivity index (χ4n) is 6.20. The molecule has 3 unspecified atom stereocenters. The summed E-state index contributed by atoms with van der Waals surface area (Å²) in [5.41, 5.74) is 3.53. The Morgan fingerprint density at radius 2 is 1.67 bits per heavy atom. The quantitative estimate of drug-likeness (QED) is 0.161. The molecule has 51 heavy (non-hydrogen) atoms. The summed E-state index contributed by atoms with van der Waals surface area (Å²) >= 11 is 0.936. The Morgan fingerprint density at radius 3 is 2.25 bits per heavy atom. The predicted molar refractivity (Wildman–Crippen MR) is 184 cm³/mol. The Morgan fingerprint density at radius 1 is 0.980 bits per heavy atom. The lowest BCUT2D eigenvalue weighted by Gasteiger charge is -2.56. The van der Waals surface area contributed by atoms with Gasteiger partial charge in [0.1, 0.15) is 27.6 Å². The van der Waals surface area contributed by atoms with Crippen LogP contribution in [-0.2, 0) is 10.0 Å². The van der Waals surface area contributed by atoms with Crippen LogP contribution in [0.15, 0.2) is 53.6 Å². The van der Waals surface area contributed by atoms with Crippen molar-refractivity contribution in [1.29, 1.82) is 0 Å². The number of halogens is 3. The molecule has 2 aromatic carbocycles. The van der Waals surface area contributed by atoms with Crippen molar-refractivity contribution in [2.75, 3.05) is 17.0 Å². The van der Waals surface area contributed by atoms with Gasteiger partial charge in [-0.1, -0.05) is 47.6 Å². The summed E-state index contributed by atoms with van der Waals surface area (Å²) in [7, 11) is -4.83. The minimum absolute atomic E-state index is 0.0959. The Bertz CT molecular complexity index is 2120. The molecule has 272 valence electrons. The smallest absolute Gasteiger partial charge is 0.408 e. The highest BCUT2D eigenvalue weighted by Crippen LogP contribution is 2.49. The normalized spacial score (nSPS) is 18.5. The number of anilines is 2. The van der Waals surface area contributed by atoms with Crippen LogP contribution in [0.1, 0.15) is 52.6 Å². The number of aromatic nitrogens is 3. The molecule has 2 aromatic heterocycles. The van der Waals surface area contributed by atoms with E-state index in [9.17, 15) is 37.0 Å². The van der Waals surface area contributed by atoms with Crippen molar-refractivity contribution in [2.45, 2.75) is 64.6 Å². The fraction of sp³-hybridized carbons (Fsp3) is 0.364. The van der Waals surface area contributed by atoms with Gasteiger partial charge in [0.05, 0.1) is 34.0 Å². The van der Waals surface area contributed by atoms with Crippen LogP contribution in [0, 0.1) is 28.3 Å². The van der Waals surface area contributed by atoms with Crippen LogP contribution in [0.4, 0.5) is 34.4 Å². The molecule has 1 saturated heterocycles. The maximum Gasteiger partial charge on any atom is 0.408 e. The first kappa shape index (κ1) is 37.3. The molecule has 0 spiro atoms. The molecule has 18 heteroatoms. The van der Waals surface area contributed by atoms with Crippen LogP contribution < -0.4 is 10.5 Å². The van der Waals surface area contributed by atoms with Gasteiger partial charge in [0.2, 0.25) is 5.95 Å². The number of nitrogens with zero attached hydrogens (tertiary/aromatic N) is 5. The molecule has 1 aliphatic rings. The van der Waals surface area contributed by atoms with E-state index in [1.165, 1.54) is 29.3 Å². The monoisotopic (exact) mass is 747 g/mol. The van der Waals surface area contributed by atoms with Crippen molar-refractivity contribution in [2.24, 2.45) is 10.8 Å². The number of thiazole rings is 1. The summed E-state index contributed by atoms with van der Waals surface area (Å²) in [5, 5.41) is 21.2. The molecule has 5 rings (SSSR count). The highest BCUT2D eigenvalue weighted by atomic mass is 32.2. The van der Waals surface area contributed by atoms with Crippen molar-refractivity contribution in [3.05, 3.63) is 71.1 Å². The van der Waals surface area contributed by atoms with Gasteiger partial charge in [-0.15, -0.1) is 11.3 Å². The van der Waals surface area contributed by atoms with Gasteiger partial charge in [0.25, 0.3) is 10.0 Å². The summed E-state index contributed by atoms with van der Waals surface area (Å²) in [6.45, 7) is 10.6. The number of carbonyl (C=O) groups is 2. The van der Waals surface area contributed by atoms with Gasteiger partial charge in [-0.05, 0) is 47.2 Å². The third kappa shape index (κ3) is 7.28. The van der Waals surface area contributed by atoms with E-state index in [1.54, 1.807) is 20.8 Å². The number of amides is 2. The number of benzene rings is 2. The van der Waals surface area contributed by atoms with Gasteiger partial charge in [0, 0.05) is 18.3 Å². The molecular weight excluding hydrogens is 712 g/mol. The summed E-state index contributed by atoms with van der Waals surface area (Å²) in [6, 6.07) is 4.02. The van der Waals surface area contributed by atoms with Crippen LogP contribution in [0.5, 0.6) is 0 Å². The van der Waals surface area contributed by atoms with Crippen molar-refractivity contribution < 1.29 is 41.4 Å². The molecule has 13 nitrogen and oxygen atoms in total. The second kappa shape index (κ2) is 13.3. The number of piperazine rings is 1. The lowest BCUT2D eigenvalue weighted by atomic mass is 9.74. The van der Waals surface area contributed by atoms with E-state index in [1.807, 2.05) is 25.5 Å². The van der Waals surface area contributed by atoms with Crippen molar-refractivity contribution >= 4 is 45.2 Å². The number of nitrogens with one attached hydrogen (secondary N) is 1. The molecule has 3 heterocycles.